The highest BCUT2D eigenvalue weighted by Crippen LogP contribution is 2.53. The maximum absolute atomic E-state index is 13.9. The first kappa shape index (κ1) is 28.4. The van der Waals surface area contributed by atoms with Crippen molar-refractivity contribution in [3.05, 3.63) is 33.7 Å². The lowest BCUT2D eigenvalue weighted by Gasteiger charge is -2.50. The maximum atomic E-state index is 13.9. The zero-order valence-corrected chi connectivity index (χ0v) is 22.2. The number of fused-ring (bicyclic) bond motifs is 3. The summed E-state index contributed by atoms with van der Waals surface area (Å²) >= 11 is 0. The van der Waals surface area contributed by atoms with Gasteiger partial charge < -0.3 is 31.1 Å². The lowest BCUT2D eigenvalue weighted by molar-refractivity contribution is -0.153. The van der Waals surface area contributed by atoms with E-state index in [1.165, 1.54) is 4.90 Å². The van der Waals surface area contributed by atoms with Crippen LogP contribution in [0.5, 0.6) is 5.75 Å². The molecule has 0 bridgehead atoms. The van der Waals surface area contributed by atoms with Gasteiger partial charge in [-0.05, 0) is 39.3 Å². The van der Waals surface area contributed by atoms with E-state index >= 15 is 0 Å². The van der Waals surface area contributed by atoms with Crippen LogP contribution in [-0.2, 0) is 27.2 Å². The van der Waals surface area contributed by atoms with E-state index in [0.29, 0.717) is 29.9 Å². The van der Waals surface area contributed by atoms with E-state index in [2.05, 4.69) is 4.98 Å². The number of ketones is 2. The van der Waals surface area contributed by atoms with E-state index in [1.54, 1.807) is 33.1 Å². The Balaban J connectivity index is 0.00000380. The number of aromatic nitrogens is 1. The van der Waals surface area contributed by atoms with Crippen LogP contribution in [0.2, 0.25) is 0 Å². The molecule has 1 heterocycles. The van der Waals surface area contributed by atoms with E-state index < -0.39 is 58.0 Å². The number of carbonyl (C=O) groups excluding carboxylic acids is 3. The number of halogens is 1. The van der Waals surface area contributed by atoms with E-state index in [1.807, 2.05) is 6.92 Å². The number of aromatic hydroxyl groups is 1. The Labute approximate surface area is 220 Å². The Hall–Kier alpha value is -3.15. The third-order valence-corrected chi connectivity index (χ3v) is 7.55. The van der Waals surface area contributed by atoms with Crippen molar-refractivity contribution >= 4 is 41.5 Å². The number of primary amides is 1. The molecule has 0 aromatic carbocycles. The molecule has 1 aromatic heterocycles. The zero-order valence-electron chi connectivity index (χ0n) is 21.4. The third kappa shape index (κ3) is 3.87. The molecule has 6 N–H and O–H groups in total. The van der Waals surface area contributed by atoms with Crippen LogP contribution in [0.4, 0.5) is 5.82 Å². The smallest absolute Gasteiger partial charge is 0.255 e. The Morgan fingerprint density at radius 3 is 2.30 bits per heavy atom. The number of hydrogen-bond donors (Lipinski definition) is 5. The number of amides is 1. The number of aliphatic hydroxyl groups is 3. The normalized spacial score (nSPS) is 26.9. The largest absolute Gasteiger partial charge is 0.508 e. The predicted octanol–water partition coefficient (Wildman–Crippen LogP) is 0.799. The summed E-state index contributed by atoms with van der Waals surface area (Å²) in [5.74, 6) is -6.13. The van der Waals surface area contributed by atoms with Gasteiger partial charge in [0.05, 0.1) is 17.3 Å². The fraction of sp³-hybridized carbons (Fsp3) is 0.520. The highest BCUT2D eigenvalue weighted by molar-refractivity contribution is 6.24. The van der Waals surface area contributed by atoms with Gasteiger partial charge >= 0.3 is 0 Å². The van der Waals surface area contributed by atoms with Crippen molar-refractivity contribution in [2.45, 2.75) is 44.2 Å². The number of carbonyl (C=O) groups is 3. The second kappa shape index (κ2) is 9.62. The van der Waals surface area contributed by atoms with Gasteiger partial charge in [0.25, 0.3) is 5.91 Å². The summed E-state index contributed by atoms with van der Waals surface area (Å²) < 4.78 is 0. The van der Waals surface area contributed by atoms with Gasteiger partial charge in [0.15, 0.2) is 11.4 Å². The Bertz CT molecular complexity index is 1260. The lowest BCUT2D eigenvalue weighted by atomic mass is 9.57. The zero-order chi connectivity index (χ0) is 26.9. The first-order chi connectivity index (χ1) is 16.8. The number of rotatable bonds is 5. The van der Waals surface area contributed by atoms with Crippen molar-refractivity contribution in [2.24, 2.45) is 17.6 Å². The van der Waals surface area contributed by atoms with E-state index in [4.69, 9.17) is 5.73 Å². The van der Waals surface area contributed by atoms with Gasteiger partial charge in [-0.3, -0.25) is 19.3 Å². The molecule has 0 saturated heterocycles. The average Bonchev–Trinajstić information content (AvgIpc) is 2.77. The van der Waals surface area contributed by atoms with Gasteiger partial charge in [0.1, 0.15) is 28.7 Å². The molecule has 11 nitrogen and oxygen atoms in total. The molecule has 0 radical (unpaired) electrons. The van der Waals surface area contributed by atoms with Crippen LogP contribution in [-0.4, -0.2) is 87.6 Å². The number of nitrogens with two attached hydrogens (primary N) is 1. The average molecular weight is 537 g/mol. The van der Waals surface area contributed by atoms with Gasteiger partial charge in [0.2, 0.25) is 5.78 Å². The minimum Gasteiger partial charge on any atom is -0.508 e. The summed E-state index contributed by atoms with van der Waals surface area (Å²) in [4.78, 5) is 46.9. The molecule has 0 spiro atoms. The first-order valence-corrected chi connectivity index (χ1v) is 11.9. The van der Waals surface area contributed by atoms with Crippen molar-refractivity contribution in [3.8, 4) is 5.75 Å². The Morgan fingerprint density at radius 2 is 1.78 bits per heavy atom. The van der Waals surface area contributed by atoms with Gasteiger partial charge in [-0.25, -0.2) is 4.98 Å². The molecular weight excluding hydrogens is 504 g/mol. The van der Waals surface area contributed by atoms with Crippen molar-refractivity contribution in [2.75, 3.05) is 33.1 Å². The number of likely N-dealkylation sites (N-methyl/N-ethyl adjacent to an activating group) is 1. The molecule has 3 aliphatic carbocycles. The standard InChI is InChI=1S/C25H32N4O7.ClH/c1-6-7-13-18(30)15-11(24(27-13)29(4)5)8-10-9-12-17(28(2)3)20(32)16(23(26)35)22(34)25(12,36)21(33)14(10)19(15)31;/h10,12,17,30-31,34,36H,6-9H2,1-5H3,(H2,26,35);1H/t10-,12-,17-,25-;/m0./s1. The van der Waals surface area contributed by atoms with Gasteiger partial charge in [-0.1, -0.05) is 13.3 Å². The van der Waals surface area contributed by atoms with Crippen LogP contribution >= 0.6 is 12.4 Å². The van der Waals surface area contributed by atoms with Crippen molar-refractivity contribution < 1.29 is 34.8 Å². The number of anilines is 1. The van der Waals surface area contributed by atoms with Crippen LogP contribution in [0.15, 0.2) is 16.9 Å². The number of aliphatic hydroxyl groups excluding tert-OH is 2. The molecule has 12 heteroatoms. The van der Waals surface area contributed by atoms with E-state index in [9.17, 15) is 34.8 Å². The molecule has 202 valence electrons. The Kier molecular flexibility index (Phi) is 7.39. The molecule has 0 unspecified atom stereocenters. The second-order valence-corrected chi connectivity index (χ2v) is 10.2. The maximum Gasteiger partial charge on any atom is 0.255 e. The Morgan fingerprint density at radius 1 is 1.16 bits per heavy atom. The van der Waals surface area contributed by atoms with Crippen molar-refractivity contribution in [1.82, 2.24) is 9.88 Å². The van der Waals surface area contributed by atoms with Crippen LogP contribution in [0.25, 0.3) is 5.76 Å². The summed E-state index contributed by atoms with van der Waals surface area (Å²) in [5, 5.41) is 44.9. The summed E-state index contributed by atoms with van der Waals surface area (Å²) in [6.07, 6.45) is 1.36. The van der Waals surface area contributed by atoms with Gasteiger partial charge in [0, 0.05) is 31.1 Å². The molecule has 4 rings (SSSR count). The van der Waals surface area contributed by atoms with Crippen LogP contribution < -0.4 is 10.6 Å². The number of hydrogen-bond acceptors (Lipinski definition) is 10. The number of pyridine rings is 1. The molecule has 1 saturated carbocycles. The SMILES string of the molecule is CCCc1nc(N(C)C)c2c(c1O)C(O)=C1C(=O)[C@]3(O)C(O)=C(C(N)=O)C(=O)[C@@H](N(C)C)[C@@H]3C[C@@H]1C2.Cl. The van der Waals surface area contributed by atoms with Crippen LogP contribution in [0.3, 0.4) is 0 Å². The molecule has 37 heavy (non-hydrogen) atoms. The second-order valence-electron chi connectivity index (χ2n) is 10.2. The minimum atomic E-state index is -2.65. The molecule has 3 aliphatic rings. The summed E-state index contributed by atoms with van der Waals surface area (Å²) in [6.45, 7) is 1.92. The minimum absolute atomic E-state index is 0. The molecule has 4 atom stereocenters. The van der Waals surface area contributed by atoms with Crippen LogP contribution in [0.1, 0.15) is 36.6 Å². The van der Waals surface area contributed by atoms with E-state index in [-0.39, 0.29) is 42.1 Å². The van der Waals surface area contributed by atoms with Gasteiger partial charge in [-0.15, -0.1) is 12.4 Å². The highest BCUT2D eigenvalue weighted by atomic mass is 35.5. The highest BCUT2D eigenvalue weighted by Gasteiger charge is 2.64. The third-order valence-electron chi connectivity index (χ3n) is 7.55. The van der Waals surface area contributed by atoms with Gasteiger partial charge in [-0.2, -0.15) is 0 Å². The summed E-state index contributed by atoms with van der Waals surface area (Å²) in [6, 6.07) is -1.12. The topological polar surface area (TPSA) is 178 Å². The number of nitrogens with zero attached hydrogens (tertiary/aromatic N) is 3. The number of Topliss-reactive ketones (excluding diaryl/α,β-unsaturated/α-hetero) is 2. The first-order valence-electron chi connectivity index (χ1n) is 11.9. The summed E-state index contributed by atoms with van der Waals surface area (Å²) in [5.41, 5.74) is 2.66. The predicted molar refractivity (Wildman–Crippen MR) is 138 cm³/mol. The fourth-order valence-electron chi connectivity index (χ4n) is 6.01. The summed E-state index contributed by atoms with van der Waals surface area (Å²) in [7, 11) is 6.70. The number of aryl methyl sites for hydroxylation is 1. The fourth-order valence-corrected chi connectivity index (χ4v) is 6.01. The van der Waals surface area contributed by atoms with Crippen LogP contribution in [0, 0.1) is 11.8 Å². The molecule has 0 aliphatic heterocycles. The van der Waals surface area contributed by atoms with Crippen molar-refractivity contribution in [1.29, 1.82) is 0 Å². The monoisotopic (exact) mass is 536 g/mol. The molecule has 1 fully saturated rings. The lowest BCUT2D eigenvalue weighted by Crippen LogP contribution is -2.65. The quantitative estimate of drug-likeness (QED) is 0.338. The molecule has 1 amide bonds. The molecule has 1 aromatic rings. The van der Waals surface area contributed by atoms with E-state index in [0.717, 1.165) is 0 Å². The van der Waals surface area contributed by atoms with Crippen molar-refractivity contribution in [3.63, 3.8) is 0 Å². The molecular formula is C25H33ClN4O7.